The van der Waals surface area contributed by atoms with Gasteiger partial charge in [0, 0.05) is 117 Å². The summed E-state index contributed by atoms with van der Waals surface area (Å²) < 4.78 is 30.3. The minimum absolute atomic E-state index is 0.00195. The van der Waals surface area contributed by atoms with Gasteiger partial charge in [0.25, 0.3) is 11.8 Å². The van der Waals surface area contributed by atoms with Crippen LogP contribution in [0.2, 0.25) is 0 Å². The lowest BCUT2D eigenvalue weighted by atomic mass is 9.48. The minimum Gasteiger partial charge on any atom is -0.496 e. The average Bonchev–Trinajstić information content (AvgIpc) is 0.834. The highest BCUT2D eigenvalue weighted by molar-refractivity contribution is 5.99. The van der Waals surface area contributed by atoms with Crippen LogP contribution in [0.1, 0.15) is 117 Å². The first-order valence-electron chi connectivity index (χ1n) is 35.4. The fourth-order valence-corrected chi connectivity index (χ4v) is 14.4. The lowest BCUT2D eigenvalue weighted by molar-refractivity contribution is -0.163. The van der Waals surface area contributed by atoms with Gasteiger partial charge in [0.05, 0.1) is 83.8 Å². The highest BCUT2D eigenvalue weighted by Gasteiger charge is 2.62. The molecule has 2 aromatic carbocycles. The molecule has 0 unspecified atom stereocenters. The van der Waals surface area contributed by atoms with Gasteiger partial charge in [-0.2, -0.15) is 5.10 Å². The first kappa shape index (κ1) is 79.7. The number of amides is 5. The number of aldehydes is 1. The van der Waals surface area contributed by atoms with E-state index >= 15 is 0 Å². The molecule has 5 amide bonds. The van der Waals surface area contributed by atoms with E-state index in [0.717, 1.165) is 50.5 Å². The number of nitrogens with zero attached hydrogens (tertiary/aromatic N) is 8. The van der Waals surface area contributed by atoms with Gasteiger partial charge >= 0.3 is 17.9 Å². The van der Waals surface area contributed by atoms with Gasteiger partial charge in [0.2, 0.25) is 17.7 Å². The quantitative estimate of drug-likeness (QED) is 0.0317. The van der Waals surface area contributed by atoms with E-state index in [0.29, 0.717) is 196 Å². The number of hydrogen-bond acceptors (Lipinski definition) is 20. The maximum atomic E-state index is 14.6. The molecule has 1 saturated heterocycles. The molecule has 0 radical (unpaired) electrons. The Labute approximate surface area is 587 Å². The van der Waals surface area contributed by atoms with Crippen LogP contribution in [0.4, 0.5) is 0 Å². The molecular weight excluding hydrogens is 1290 g/mol. The van der Waals surface area contributed by atoms with Crippen molar-refractivity contribution in [1.29, 1.82) is 0 Å². The zero-order chi connectivity index (χ0) is 72.1. The summed E-state index contributed by atoms with van der Waals surface area (Å²) in [4.78, 5) is 127. The van der Waals surface area contributed by atoms with Crippen LogP contribution in [0, 0.1) is 23.7 Å². The van der Waals surface area contributed by atoms with Crippen molar-refractivity contribution in [2.75, 3.05) is 186 Å². The van der Waals surface area contributed by atoms with Crippen molar-refractivity contribution in [2.24, 2.45) is 23.7 Å². The predicted octanol–water partition coefficient (Wildman–Crippen LogP) is 3.02. The van der Waals surface area contributed by atoms with Crippen molar-refractivity contribution in [3.05, 3.63) is 59.3 Å². The highest BCUT2D eigenvalue weighted by Crippen LogP contribution is 2.58. The number of benzene rings is 2. The van der Waals surface area contributed by atoms with E-state index in [1.807, 2.05) is 49.9 Å². The molecule has 5 aliphatic rings. The summed E-state index contributed by atoms with van der Waals surface area (Å²) in [7, 11) is 7.04. The van der Waals surface area contributed by atoms with E-state index in [-0.39, 0.29) is 86.1 Å². The van der Waals surface area contributed by atoms with E-state index in [1.165, 1.54) is 0 Å². The minimum atomic E-state index is -1.40. The fourth-order valence-electron chi connectivity index (χ4n) is 14.4. The summed E-state index contributed by atoms with van der Waals surface area (Å²) in [6.07, 6.45) is 7.30. The summed E-state index contributed by atoms with van der Waals surface area (Å²) in [5.41, 5.74) is 1.46. The van der Waals surface area contributed by atoms with Gasteiger partial charge in [0.1, 0.15) is 23.3 Å². The van der Waals surface area contributed by atoms with Gasteiger partial charge in [-0.05, 0) is 150 Å². The number of aromatic nitrogens is 2. The Bertz CT molecular complexity index is 3100. The van der Waals surface area contributed by atoms with Crippen molar-refractivity contribution < 1.29 is 82.2 Å². The number of carbonyl (C=O) groups is 9. The van der Waals surface area contributed by atoms with Crippen molar-refractivity contribution in [3.63, 3.8) is 0 Å². The smallest absolute Gasteiger partial charge is 0.330 e. The number of carbonyl (C=O) groups excluding carboxylic acids is 6. The van der Waals surface area contributed by atoms with E-state index in [2.05, 4.69) is 26.2 Å². The summed E-state index contributed by atoms with van der Waals surface area (Å²) in [6.45, 7) is 11.9. The summed E-state index contributed by atoms with van der Waals surface area (Å²) in [5.74, 6) is -3.06. The van der Waals surface area contributed by atoms with Gasteiger partial charge in [-0.1, -0.05) is 19.9 Å². The lowest BCUT2D eigenvalue weighted by Gasteiger charge is -2.59. The van der Waals surface area contributed by atoms with Crippen LogP contribution >= 0.6 is 0 Å². The van der Waals surface area contributed by atoms with Crippen molar-refractivity contribution >= 4 is 53.7 Å². The Kier molecular flexibility index (Phi) is 32.4. The molecule has 554 valence electrons. The first-order valence-corrected chi connectivity index (χ1v) is 35.4. The predicted molar refractivity (Wildman–Crippen MR) is 372 cm³/mol. The van der Waals surface area contributed by atoms with Gasteiger partial charge in [0.15, 0.2) is 5.69 Å². The van der Waals surface area contributed by atoms with Crippen LogP contribution in [0.5, 0.6) is 11.5 Å². The average molecular weight is 1400 g/mol. The highest BCUT2D eigenvalue weighted by atomic mass is 16.5. The lowest BCUT2D eigenvalue weighted by Crippen LogP contribution is -2.70. The maximum Gasteiger partial charge on any atom is 0.330 e. The maximum absolute atomic E-state index is 14.6. The number of aliphatic carboxylic acids is 3. The summed E-state index contributed by atoms with van der Waals surface area (Å²) in [5, 5.41) is 46.5. The van der Waals surface area contributed by atoms with Crippen LogP contribution in [0.3, 0.4) is 0 Å². The monoisotopic (exact) mass is 1400 g/mol. The number of carboxylic acid groups (broad SMARTS) is 3. The number of carboxylic acids is 3. The number of methoxy groups -OCH3 is 2. The molecule has 1 aliphatic heterocycles. The van der Waals surface area contributed by atoms with Crippen LogP contribution in [0.15, 0.2) is 42.5 Å². The Morgan fingerprint density at radius 1 is 0.610 bits per heavy atom. The molecule has 4 aliphatic carbocycles. The zero-order valence-electron chi connectivity index (χ0n) is 59.4. The molecule has 1 aromatic heterocycles. The standard InChI is InChI=1S/C71H108N12O17/c1-50(2)56-45-53(14-15-58(56)83-59(67-60(96-5)12-7-13-61(67)97-6)46-57(76-83)68(92)75-71(70(94)95)54-41-51-40-52(43-54)44-55(71)42-51)69(93)82(23-11-21-77(3)4)22-8-18-72-62(85)16-17-63(86)73-19-9-34-98-36-38-100-39-37-99-35-10-20-74-64(87)47-79-28-30-80(48-65(88)89)26-24-78(32-33-84)25-27-81(31-29-79)49-66(90)91/h7,12-15,33,45-46,50-52,54-55H,8-11,16-32,34-44,47-49H2,1-6H3,(H,72,85)(H,73,86)(H,74,87)(H,75,92)(H,88,89)(H,90,91)(H,94,95). The van der Waals surface area contributed by atoms with Crippen LogP contribution < -0.4 is 30.7 Å². The van der Waals surface area contributed by atoms with E-state index in [4.69, 9.17) is 28.8 Å². The van der Waals surface area contributed by atoms with E-state index < -0.39 is 29.4 Å². The molecule has 0 spiro atoms. The second kappa shape index (κ2) is 40.7. The van der Waals surface area contributed by atoms with Gasteiger partial charge in [-0.25, -0.2) is 9.48 Å². The molecule has 29 heteroatoms. The van der Waals surface area contributed by atoms with Crippen molar-refractivity contribution in [2.45, 2.75) is 95.9 Å². The molecule has 0 atom stereocenters. The van der Waals surface area contributed by atoms with E-state index in [9.17, 15) is 58.5 Å². The third-order valence-electron chi connectivity index (χ3n) is 19.3. The summed E-state index contributed by atoms with van der Waals surface area (Å²) in [6, 6.07) is 12.5. The topological polar surface area (TPSA) is 346 Å². The van der Waals surface area contributed by atoms with Crippen LogP contribution in [-0.4, -0.2) is 300 Å². The van der Waals surface area contributed by atoms with Crippen LogP contribution in [-0.2, 0) is 47.8 Å². The van der Waals surface area contributed by atoms with Gasteiger partial charge in [-0.3, -0.25) is 53.2 Å². The first-order chi connectivity index (χ1) is 48.1. The zero-order valence-corrected chi connectivity index (χ0v) is 59.4. The number of nitrogens with one attached hydrogen (secondary N) is 4. The Morgan fingerprint density at radius 3 is 1.59 bits per heavy atom. The third kappa shape index (κ3) is 24.0. The van der Waals surface area contributed by atoms with Gasteiger partial charge in [-0.15, -0.1) is 0 Å². The summed E-state index contributed by atoms with van der Waals surface area (Å²) >= 11 is 0. The van der Waals surface area contributed by atoms with Crippen molar-refractivity contribution in [3.8, 4) is 28.4 Å². The molecule has 100 heavy (non-hydrogen) atoms. The molecule has 4 saturated carbocycles. The van der Waals surface area contributed by atoms with Crippen LogP contribution in [0.25, 0.3) is 16.9 Å². The molecule has 8 rings (SSSR count). The Hall–Kier alpha value is -7.64. The Balaban J connectivity index is 0.791. The molecule has 5 fully saturated rings. The molecule has 4 bridgehead atoms. The Morgan fingerprint density at radius 2 is 1.10 bits per heavy atom. The number of rotatable bonds is 42. The van der Waals surface area contributed by atoms with Gasteiger partial charge < -0.3 is 74.9 Å². The fraction of sp³-hybridized carbons (Fsp3) is 0.662. The second-order valence-electron chi connectivity index (χ2n) is 27.2. The number of ether oxygens (including phenoxy) is 5. The molecule has 3 aromatic rings. The molecule has 29 nitrogen and oxygen atoms in total. The van der Waals surface area contributed by atoms with Crippen molar-refractivity contribution in [1.82, 2.24) is 60.4 Å². The second-order valence-corrected chi connectivity index (χ2v) is 27.2. The van der Waals surface area contributed by atoms with E-state index in [1.54, 1.807) is 63.9 Å². The third-order valence-corrected chi connectivity index (χ3v) is 19.3. The SMILES string of the molecule is COc1cccc(OC)c1-c1cc(C(=O)NC2(C(=O)O)C3CC4CC(C3)CC2C4)nn1-c1ccc(C(=O)N(CCCNC(=O)CCC(=O)NCCCOCCOCCOCCCNC(=O)CN2CCN(CC(=O)O)CCN(CC=O)CCN(CC(=O)O)CC2)CCCN(C)C)cc1C(C)C. The number of hydrogen-bond donors (Lipinski definition) is 7. The largest absolute Gasteiger partial charge is 0.496 e. The normalized spacial score (nSPS) is 19.9. The molecule has 7 N–H and O–H groups in total. The molecular formula is C71H108N12O17. The molecule has 2 heterocycles.